The van der Waals surface area contributed by atoms with E-state index in [2.05, 4.69) is 33.5 Å². The number of rotatable bonds is 42. The number of thioether (sulfide) groups is 1. The summed E-state index contributed by atoms with van der Waals surface area (Å²) in [6, 6.07) is -0.381. The van der Waals surface area contributed by atoms with E-state index in [0.29, 0.717) is 50.4 Å². The maximum Gasteiger partial charge on any atom is 0.315 e. The quantitative estimate of drug-likeness (QED) is 0.0244. The van der Waals surface area contributed by atoms with Gasteiger partial charge < -0.3 is 61.6 Å². The zero-order valence-corrected chi connectivity index (χ0v) is 42.6. The fourth-order valence-electron chi connectivity index (χ4n) is 9.47. The van der Waals surface area contributed by atoms with Gasteiger partial charge in [-0.15, -0.1) is 0 Å². The number of aliphatic hydroxyl groups excluding tert-OH is 5. The third-order valence-corrected chi connectivity index (χ3v) is 15.3. The van der Waals surface area contributed by atoms with Gasteiger partial charge in [0.2, 0.25) is 17.7 Å². The average molecular weight is 986 g/mol. The normalized spacial score (nSPS) is 24.2. The van der Waals surface area contributed by atoms with E-state index in [-0.39, 0.29) is 42.4 Å². The van der Waals surface area contributed by atoms with E-state index in [1.54, 1.807) is 0 Å². The van der Waals surface area contributed by atoms with Gasteiger partial charge in [0, 0.05) is 43.4 Å². The van der Waals surface area contributed by atoms with Crippen LogP contribution in [-0.4, -0.2) is 142 Å². The summed E-state index contributed by atoms with van der Waals surface area (Å²) in [4.78, 5) is 49.1. The first-order valence-corrected chi connectivity index (χ1v) is 28.2. The lowest BCUT2D eigenvalue weighted by Crippen LogP contribution is -2.60. The monoisotopic (exact) mass is 986 g/mol. The number of hydrogen-bond donors (Lipinski definition) is 10. The lowest BCUT2D eigenvalue weighted by atomic mass is 9.99. The summed E-state index contributed by atoms with van der Waals surface area (Å²) in [5, 5.41) is 66.9. The second-order valence-corrected chi connectivity index (χ2v) is 21.0. The molecule has 68 heavy (non-hydrogen) atoms. The largest absolute Gasteiger partial charge is 0.394 e. The molecule has 10 atom stereocenters. The lowest BCUT2D eigenvalue weighted by molar-refractivity contribution is -0.302. The summed E-state index contributed by atoms with van der Waals surface area (Å²) in [5.41, 5.74) is 0. The zero-order chi connectivity index (χ0) is 49.2. The van der Waals surface area contributed by atoms with Crippen molar-refractivity contribution in [2.24, 2.45) is 0 Å². The summed E-state index contributed by atoms with van der Waals surface area (Å²) < 4.78 is 11.2. The highest BCUT2D eigenvalue weighted by atomic mass is 32.2. The molecule has 396 valence electrons. The lowest BCUT2D eigenvalue weighted by Gasteiger charge is -2.40. The molecule has 3 aliphatic heterocycles. The molecule has 0 unspecified atom stereocenters. The molecule has 3 saturated heterocycles. The molecule has 5 amide bonds. The van der Waals surface area contributed by atoms with Crippen molar-refractivity contribution in [3.05, 3.63) is 0 Å². The summed E-state index contributed by atoms with van der Waals surface area (Å²) in [7, 11) is 0. The van der Waals surface area contributed by atoms with E-state index < -0.39 is 49.5 Å². The SMILES string of the molecule is CCCCCCCCCCCCCCC[C@@H](O)[C@H](CO[C@H]1O[C@H](CO)[C@H](O)[C@H](O)[C@H]1O)NC(=O)CCCCCCCCCCNC(=O)CCCCCNC(=O)CCCC[C@@H]1SC[C@@H]2NC(=O)N[C@@H]21. The molecule has 3 heterocycles. The number of amides is 5. The standard InChI is InChI=1S/C51H95N5O11S/c1-2-3-4-5-6-7-8-9-10-11-14-17-21-28-40(58)38(36-66-50-49(64)48(63)47(62)41(35-57)67-50)54-45(61)32-22-18-15-12-13-16-19-26-33-52-43(59)30-23-20-27-34-53-44(60)31-25-24-29-42-46-39(37-68-42)55-51(65)56-46/h38-42,46-50,57-58,62-64H,2-37H2,1H3,(H,52,59)(H,53,60)(H,54,61)(H2,55,56,65)/t38-,39-,40+,41+,42-,46-,47-,48-,49+,50-/m0/s1. The number of carbonyl (C=O) groups is 4. The van der Waals surface area contributed by atoms with Crippen LogP contribution in [0.15, 0.2) is 0 Å². The predicted molar refractivity (Wildman–Crippen MR) is 268 cm³/mol. The highest BCUT2D eigenvalue weighted by Crippen LogP contribution is 2.33. The molecular weight excluding hydrogens is 891 g/mol. The second-order valence-electron chi connectivity index (χ2n) is 19.8. The number of ether oxygens (including phenoxy) is 2. The summed E-state index contributed by atoms with van der Waals surface area (Å²) in [5.74, 6) is 0.914. The van der Waals surface area contributed by atoms with Crippen LogP contribution >= 0.6 is 11.8 Å². The van der Waals surface area contributed by atoms with Crippen LogP contribution in [0, 0.1) is 0 Å². The summed E-state index contributed by atoms with van der Waals surface area (Å²) in [6.07, 6.45) is 22.9. The zero-order valence-electron chi connectivity index (χ0n) is 41.8. The molecule has 0 radical (unpaired) electrons. The molecule has 0 aromatic carbocycles. The Morgan fingerprint density at radius 2 is 1.16 bits per heavy atom. The van der Waals surface area contributed by atoms with E-state index in [1.165, 1.54) is 64.2 Å². The predicted octanol–water partition coefficient (Wildman–Crippen LogP) is 6.16. The molecule has 3 fully saturated rings. The van der Waals surface area contributed by atoms with Gasteiger partial charge in [0.1, 0.15) is 24.4 Å². The number of aliphatic hydroxyl groups is 5. The topological polar surface area (TPSA) is 248 Å². The fraction of sp³-hybridized carbons (Fsp3) is 0.922. The first kappa shape index (κ1) is 60.1. The van der Waals surface area contributed by atoms with Gasteiger partial charge in [0.25, 0.3) is 0 Å². The van der Waals surface area contributed by atoms with Gasteiger partial charge in [-0.25, -0.2) is 4.79 Å². The molecule has 0 aromatic heterocycles. The molecule has 3 rings (SSSR count). The van der Waals surface area contributed by atoms with Gasteiger partial charge in [-0.1, -0.05) is 142 Å². The molecule has 0 aliphatic carbocycles. The van der Waals surface area contributed by atoms with Gasteiger partial charge in [0.05, 0.1) is 37.4 Å². The Morgan fingerprint density at radius 3 is 1.74 bits per heavy atom. The van der Waals surface area contributed by atoms with Crippen molar-refractivity contribution in [2.45, 2.75) is 266 Å². The molecule has 17 heteroatoms. The third kappa shape index (κ3) is 25.7. The van der Waals surface area contributed by atoms with Crippen LogP contribution in [0.3, 0.4) is 0 Å². The van der Waals surface area contributed by atoms with E-state index in [4.69, 9.17) is 9.47 Å². The van der Waals surface area contributed by atoms with Crippen molar-refractivity contribution in [3.8, 4) is 0 Å². The van der Waals surface area contributed by atoms with Crippen LogP contribution in [-0.2, 0) is 23.9 Å². The number of unbranched alkanes of at least 4 members (excludes halogenated alkanes) is 22. The van der Waals surface area contributed by atoms with Crippen LogP contribution in [0.5, 0.6) is 0 Å². The van der Waals surface area contributed by atoms with Crippen LogP contribution in [0.1, 0.15) is 206 Å². The van der Waals surface area contributed by atoms with Gasteiger partial charge in [-0.2, -0.15) is 11.8 Å². The van der Waals surface area contributed by atoms with Gasteiger partial charge >= 0.3 is 6.03 Å². The Hall–Kier alpha value is -2.25. The molecule has 0 bridgehead atoms. The Kier molecular flexibility index (Phi) is 33.1. The first-order chi connectivity index (χ1) is 33.0. The maximum absolute atomic E-state index is 13.0. The molecular formula is C51H95N5O11S. The number of urea groups is 1. The minimum Gasteiger partial charge on any atom is -0.394 e. The van der Waals surface area contributed by atoms with Gasteiger partial charge in [-0.05, 0) is 44.9 Å². The van der Waals surface area contributed by atoms with Crippen LogP contribution < -0.4 is 26.6 Å². The van der Waals surface area contributed by atoms with E-state index in [0.717, 1.165) is 108 Å². The minimum atomic E-state index is -1.58. The molecule has 0 saturated carbocycles. The third-order valence-electron chi connectivity index (χ3n) is 13.8. The Morgan fingerprint density at radius 1 is 0.662 bits per heavy atom. The van der Waals surface area contributed by atoms with Gasteiger partial charge in [-0.3, -0.25) is 14.4 Å². The van der Waals surface area contributed by atoms with E-state index >= 15 is 0 Å². The molecule has 0 spiro atoms. The average Bonchev–Trinajstić information content (AvgIpc) is 3.89. The van der Waals surface area contributed by atoms with Crippen molar-refractivity contribution >= 4 is 35.5 Å². The summed E-state index contributed by atoms with van der Waals surface area (Å²) >= 11 is 1.90. The van der Waals surface area contributed by atoms with E-state index in [9.17, 15) is 44.7 Å². The highest BCUT2D eigenvalue weighted by molar-refractivity contribution is 8.00. The van der Waals surface area contributed by atoms with Crippen molar-refractivity contribution in [1.82, 2.24) is 26.6 Å². The molecule has 16 nitrogen and oxygen atoms in total. The van der Waals surface area contributed by atoms with Crippen molar-refractivity contribution in [1.29, 1.82) is 0 Å². The van der Waals surface area contributed by atoms with E-state index in [1.807, 2.05) is 11.8 Å². The Bertz CT molecular complexity index is 1350. The maximum atomic E-state index is 13.0. The Labute approximate surface area is 413 Å². The highest BCUT2D eigenvalue weighted by Gasteiger charge is 2.45. The van der Waals surface area contributed by atoms with Gasteiger partial charge in [0.15, 0.2) is 6.29 Å². The molecule has 3 aliphatic rings. The molecule has 0 aromatic rings. The van der Waals surface area contributed by atoms with Crippen LogP contribution in [0.25, 0.3) is 0 Å². The number of carbonyl (C=O) groups excluding carboxylic acids is 4. The van der Waals surface area contributed by atoms with Crippen molar-refractivity contribution in [3.63, 3.8) is 0 Å². The molecule has 10 N–H and O–H groups in total. The van der Waals surface area contributed by atoms with Crippen molar-refractivity contribution < 1.29 is 54.2 Å². The minimum absolute atomic E-state index is 0.0661. The number of hydrogen-bond acceptors (Lipinski definition) is 12. The first-order valence-electron chi connectivity index (χ1n) is 27.2. The van der Waals surface area contributed by atoms with Crippen LogP contribution in [0.4, 0.5) is 4.79 Å². The smallest absolute Gasteiger partial charge is 0.315 e. The second kappa shape index (κ2) is 37.5. The van der Waals surface area contributed by atoms with Crippen LogP contribution in [0.2, 0.25) is 0 Å². The number of nitrogens with one attached hydrogen (secondary N) is 5. The van der Waals surface area contributed by atoms with Crippen molar-refractivity contribution in [2.75, 3.05) is 32.1 Å². The Balaban J connectivity index is 1.16. The number of fused-ring (bicyclic) bond motifs is 1. The summed E-state index contributed by atoms with van der Waals surface area (Å²) in [6.45, 7) is 2.81. The fourth-order valence-corrected chi connectivity index (χ4v) is 11.0.